The van der Waals surface area contributed by atoms with Gasteiger partial charge in [-0.2, -0.15) is 0 Å². The van der Waals surface area contributed by atoms with Gasteiger partial charge in [0, 0.05) is 12.1 Å². The standard InChI is InChI=1S/C10H19NO/c1-2-12-7-10(11)6-8-3-4-9(10)5-8/h8-9H,2-7,11H2,1H3. The molecular weight excluding hydrogens is 150 g/mol. The van der Waals surface area contributed by atoms with E-state index >= 15 is 0 Å². The largest absolute Gasteiger partial charge is 0.380 e. The van der Waals surface area contributed by atoms with E-state index in [1.54, 1.807) is 0 Å². The highest BCUT2D eigenvalue weighted by Gasteiger charge is 2.48. The molecule has 2 N–H and O–H groups in total. The van der Waals surface area contributed by atoms with E-state index in [0.717, 1.165) is 25.0 Å². The lowest BCUT2D eigenvalue weighted by molar-refractivity contribution is 0.0677. The Labute approximate surface area is 74.5 Å². The summed E-state index contributed by atoms with van der Waals surface area (Å²) in [4.78, 5) is 0. The van der Waals surface area contributed by atoms with E-state index in [4.69, 9.17) is 10.5 Å². The molecule has 2 heteroatoms. The second-order valence-electron chi connectivity index (χ2n) is 4.45. The molecule has 2 aliphatic rings. The molecule has 0 heterocycles. The first-order valence-electron chi connectivity index (χ1n) is 5.11. The summed E-state index contributed by atoms with van der Waals surface area (Å²) in [7, 11) is 0. The molecule has 3 unspecified atom stereocenters. The van der Waals surface area contributed by atoms with Crippen molar-refractivity contribution in [3.05, 3.63) is 0 Å². The van der Waals surface area contributed by atoms with Crippen LogP contribution < -0.4 is 5.73 Å². The first-order valence-corrected chi connectivity index (χ1v) is 5.11. The Bertz CT molecular complexity index is 171. The summed E-state index contributed by atoms with van der Waals surface area (Å²) in [5.74, 6) is 1.68. The van der Waals surface area contributed by atoms with Crippen molar-refractivity contribution >= 4 is 0 Å². The van der Waals surface area contributed by atoms with Crippen LogP contribution in [0.15, 0.2) is 0 Å². The molecule has 2 nitrogen and oxygen atoms in total. The van der Waals surface area contributed by atoms with Gasteiger partial charge in [-0.25, -0.2) is 0 Å². The normalized spacial score (nSPS) is 45.5. The van der Waals surface area contributed by atoms with Crippen LogP contribution in [0.2, 0.25) is 0 Å². The molecule has 2 saturated carbocycles. The highest BCUT2D eigenvalue weighted by molar-refractivity contribution is 5.04. The maximum Gasteiger partial charge on any atom is 0.0648 e. The van der Waals surface area contributed by atoms with Crippen LogP contribution in [0.4, 0.5) is 0 Å². The molecule has 0 aromatic carbocycles. The fourth-order valence-corrected chi connectivity index (χ4v) is 2.96. The predicted molar refractivity (Wildman–Crippen MR) is 48.9 cm³/mol. The van der Waals surface area contributed by atoms with Gasteiger partial charge in [-0.1, -0.05) is 6.42 Å². The van der Waals surface area contributed by atoms with E-state index in [2.05, 4.69) is 0 Å². The average molecular weight is 169 g/mol. The lowest BCUT2D eigenvalue weighted by Gasteiger charge is -2.33. The minimum atomic E-state index is 0.0406. The number of nitrogens with two attached hydrogens (primary N) is 1. The maximum atomic E-state index is 6.31. The monoisotopic (exact) mass is 169 g/mol. The SMILES string of the molecule is CCOCC1(N)CC2CCC1C2. The lowest BCUT2D eigenvalue weighted by atomic mass is 9.82. The average Bonchev–Trinajstić information content (AvgIpc) is 2.60. The van der Waals surface area contributed by atoms with Gasteiger partial charge in [-0.3, -0.25) is 0 Å². The van der Waals surface area contributed by atoms with E-state index in [0.29, 0.717) is 0 Å². The first kappa shape index (κ1) is 8.52. The summed E-state index contributed by atoms with van der Waals surface area (Å²) < 4.78 is 5.45. The Morgan fingerprint density at radius 2 is 2.33 bits per heavy atom. The van der Waals surface area contributed by atoms with Gasteiger partial charge in [0.1, 0.15) is 0 Å². The molecule has 2 rings (SSSR count). The Hall–Kier alpha value is -0.0800. The number of hydrogen-bond donors (Lipinski definition) is 1. The minimum Gasteiger partial charge on any atom is -0.380 e. The van der Waals surface area contributed by atoms with Gasteiger partial charge in [-0.15, -0.1) is 0 Å². The van der Waals surface area contributed by atoms with Crippen LogP contribution >= 0.6 is 0 Å². The summed E-state index contributed by atoms with van der Waals surface area (Å²) in [5.41, 5.74) is 6.35. The molecule has 70 valence electrons. The summed E-state index contributed by atoms with van der Waals surface area (Å²) in [6, 6.07) is 0. The zero-order valence-corrected chi connectivity index (χ0v) is 7.88. The van der Waals surface area contributed by atoms with Crippen molar-refractivity contribution in [1.82, 2.24) is 0 Å². The molecule has 0 radical (unpaired) electrons. The molecule has 0 aromatic heterocycles. The van der Waals surface area contributed by atoms with Crippen LogP contribution in [0.5, 0.6) is 0 Å². The van der Waals surface area contributed by atoms with Crippen LogP contribution in [0.3, 0.4) is 0 Å². The number of hydrogen-bond acceptors (Lipinski definition) is 2. The van der Waals surface area contributed by atoms with Crippen LogP contribution in [0.1, 0.15) is 32.6 Å². The van der Waals surface area contributed by atoms with E-state index < -0.39 is 0 Å². The van der Waals surface area contributed by atoms with Crippen LogP contribution in [0, 0.1) is 11.8 Å². The van der Waals surface area contributed by atoms with E-state index in [1.807, 2.05) is 6.92 Å². The predicted octanol–water partition coefficient (Wildman–Crippen LogP) is 1.54. The van der Waals surface area contributed by atoms with Gasteiger partial charge in [0.15, 0.2) is 0 Å². The topological polar surface area (TPSA) is 35.2 Å². The van der Waals surface area contributed by atoms with Crippen molar-refractivity contribution in [1.29, 1.82) is 0 Å². The molecule has 0 aliphatic heterocycles. The maximum absolute atomic E-state index is 6.31. The Morgan fingerprint density at radius 3 is 2.83 bits per heavy atom. The van der Waals surface area contributed by atoms with E-state index in [9.17, 15) is 0 Å². The number of ether oxygens (including phenoxy) is 1. The van der Waals surface area contributed by atoms with Crippen molar-refractivity contribution in [2.24, 2.45) is 17.6 Å². The smallest absolute Gasteiger partial charge is 0.0648 e. The van der Waals surface area contributed by atoms with Crippen molar-refractivity contribution < 1.29 is 4.74 Å². The van der Waals surface area contributed by atoms with Gasteiger partial charge in [0.2, 0.25) is 0 Å². The highest BCUT2D eigenvalue weighted by atomic mass is 16.5. The van der Waals surface area contributed by atoms with E-state index in [1.165, 1.54) is 25.7 Å². The molecule has 0 spiro atoms. The number of rotatable bonds is 3. The van der Waals surface area contributed by atoms with Crippen LogP contribution in [-0.4, -0.2) is 18.8 Å². The Kier molecular flexibility index (Phi) is 2.13. The number of fused-ring (bicyclic) bond motifs is 2. The third-order valence-corrected chi connectivity index (χ3v) is 3.60. The Balaban J connectivity index is 1.93. The first-order chi connectivity index (χ1) is 5.74. The molecular formula is C10H19NO. The zero-order chi connectivity index (χ0) is 8.60. The second-order valence-corrected chi connectivity index (χ2v) is 4.45. The highest BCUT2D eigenvalue weighted by Crippen LogP contribution is 2.49. The summed E-state index contributed by atoms with van der Waals surface area (Å²) in [6.07, 6.45) is 5.32. The molecule has 2 aliphatic carbocycles. The molecule has 2 bridgehead atoms. The molecule has 12 heavy (non-hydrogen) atoms. The third-order valence-electron chi connectivity index (χ3n) is 3.60. The summed E-state index contributed by atoms with van der Waals surface area (Å²) in [5, 5.41) is 0. The molecule has 0 amide bonds. The molecule has 3 atom stereocenters. The van der Waals surface area contributed by atoms with Gasteiger partial charge < -0.3 is 10.5 Å². The van der Waals surface area contributed by atoms with Gasteiger partial charge >= 0.3 is 0 Å². The lowest BCUT2D eigenvalue weighted by Crippen LogP contribution is -2.49. The van der Waals surface area contributed by atoms with Gasteiger partial charge in [0.05, 0.1) is 6.61 Å². The molecule has 0 aromatic rings. The van der Waals surface area contributed by atoms with Crippen molar-refractivity contribution in [3.8, 4) is 0 Å². The van der Waals surface area contributed by atoms with Crippen LogP contribution in [0.25, 0.3) is 0 Å². The fourth-order valence-electron chi connectivity index (χ4n) is 2.96. The molecule has 2 fully saturated rings. The van der Waals surface area contributed by atoms with Crippen molar-refractivity contribution in [3.63, 3.8) is 0 Å². The quantitative estimate of drug-likeness (QED) is 0.695. The fraction of sp³-hybridized carbons (Fsp3) is 1.00. The second kappa shape index (κ2) is 3.00. The van der Waals surface area contributed by atoms with Gasteiger partial charge in [-0.05, 0) is 38.0 Å². The zero-order valence-electron chi connectivity index (χ0n) is 7.88. The molecule has 0 saturated heterocycles. The minimum absolute atomic E-state index is 0.0406. The third kappa shape index (κ3) is 1.27. The summed E-state index contributed by atoms with van der Waals surface area (Å²) in [6.45, 7) is 3.62. The van der Waals surface area contributed by atoms with Crippen molar-refractivity contribution in [2.75, 3.05) is 13.2 Å². The summed E-state index contributed by atoms with van der Waals surface area (Å²) >= 11 is 0. The van der Waals surface area contributed by atoms with Gasteiger partial charge in [0.25, 0.3) is 0 Å². The van der Waals surface area contributed by atoms with Crippen LogP contribution in [-0.2, 0) is 4.74 Å². The van der Waals surface area contributed by atoms with Crippen molar-refractivity contribution in [2.45, 2.75) is 38.1 Å². The van der Waals surface area contributed by atoms with E-state index in [-0.39, 0.29) is 5.54 Å². The Morgan fingerprint density at radius 1 is 1.50 bits per heavy atom.